The van der Waals surface area contributed by atoms with Crippen LogP contribution in [0.2, 0.25) is 0 Å². The van der Waals surface area contributed by atoms with E-state index in [-0.39, 0.29) is 11.4 Å². The van der Waals surface area contributed by atoms with Crippen molar-refractivity contribution in [3.8, 4) is 0 Å². The van der Waals surface area contributed by atoms with Crippen molar-refractivity contribution in [2.24, 2.45) is 4.99 Å². The molecule has 26 heavy (non-hydrogen) atoms. The third kappa shape index (κ3) is 3.23. The predicted molar refractivity (Wildman–Crippen MR) is 91.9 cm³/mol. The smallest absolute Gasteiger partial charge is 0.337 e. The van der Waals surface area contributed by atoms with Gasteiger partial charge < -0.3 is 4.74 Å². The minimum atomic E-state index is -0.932. The monoisotopic (exact) mass is 354 g/mol. The third-order valence-electron chi connectivity index (χ3n) is 4.08. The molecule has 2 aromatic carbocycles. The second-order valence-electron chi connectivity index (χ2n) is 5.80. The molecule has 0 aliphatic carbocycles. The average Bonchev–Trinajstić information content (AvgIpc) is 2.91. The normalized spacial score (nSPS) is 18.1. The number of hydrogen-bond donors (Lipinski definition) is 1. The number of amides is 2. The minimum absolute atomic E-state index is 0.0240. The van der Waals surface area contributed by atoms with Gasteiger partial charge >= 0.3 is 5.97 Å². The number of aryl methyl sites for hydroxylation is 1. The molecule has 1 unspecified atom stereocenters. The number of aliphatic imine (C=N–C) groups is 1. The number of ether oxygens (including phenoxy) is 1. The van der Waals surface area contributed by atoms with Crippen LogP contribution in [-0.2, 0) is 14.3 Å². The zero-order chi connectivity index (χ0) is 18.8. The molecule has 6 nitrogen and oxygen atoms in total. The summed E-state index contributed by atoms with van der Waals surface area (Å²) in [5.74, 6) is -3.04. The highest BCUT2D eigenvalue weighted by atomic mass is 19.1. The summed E-state index contributed by atoms with van der Waals surface area (Å²) in [5, 5.41) is 2.22. The van der Waals surface area contributed by atoms with Crippen molar-refractivity contribution in [2.75, 3.05) is 7.11 Å². The number of halogens is 1. The Morgan fingerprint density at radius 3 is 2.46 bits per heavy atom. The first-order valence-electron chi connectivity index (χ1n) is 7.79. The zero-order valence-electron chi connectivity index (χ0n) is 14.1. The largest absolute Gasteiger partial charge is 0.465 e. The maximum Gasteiger partial charge on any atom is 0.337 e. The molecule has 7 heteroatoms. The molecule has 1 atom stereocenters. The second kappa shape index (κ2) is 6.87. The molecule has 0 bridgehead atoms. The van der Waals surface area contributed by atoms with Gasteiger partial charge in [0, 0.05) is 0 Å². The lowest BCUT2D eigenvalue weighted by atomic mass is 9.94. The van der Waals surface area contributed by atoms with Crippen LogP contribution >= 0.6 is 0 Å². The van der Waals surface area contributed by atoms with E-state index in [0.29, 0.717) is 16.7 Å². The van der Waals surface area contributed by atoms with Crippen molar-refractivity contribution >= 4 is 29.2 Å². The fraction of sp³-hybridized carbons (Fsp3) is 0.158. The maximum atomic E-state index is 13.7. The van der Waals surface area contributed by atoms with Gasteiger partial charge in [0.15, 0.2) is 0 Å². The number of carbonyl (C=O) groups excluding carboxylic acids is 3. The highest BCUT2D eigenvalue weighted by Crippen LogP contribution is 2.26. The van der Waals surface area contributed by atoms with E-state index in [2.05, 4.69) is 15.0 Å². The summed E-state index contributed by atoms with van der Waals surface area (Å²) in [6.07, 6.45) is 0. The molecule has 0 radical (unpaired) electrons. The Morgan fingerprint density at radius 2 is 1.85 bits per heavy atom. The van der Waals surface area contributed by atoms with Crippen LogP contribution in [0.3, 0.4) is 0 Å². The van der Waals surface area contributed by atoms with E-state index in [1.165, 1.54) is 25.3 Å². The lowest BCUT2D eigenvalue weighted by Gasteiger charge is -2.09. The SMILES string of the molecule is COC(=O)c1ccc(C2C(=O)NC(=O)C2=Nc2ccc(C)c(F)c2)cc1. The van der Waals surface area contributed by atoms with Crippen molar-refractivity contribution in [3.63, 3.8) is 0 Å². The fourth-order valence-electron chi connectivity index (χ4n) is 2.65. The molecule has 132 valence electrons. The number of esters is 1. The number of imide groups is 1. The van der Waals surface area contributed by atoms with Gasteiger partial charge in [-0.2, -0.15) is 0 Å². The lowest BCUT2D eigenvalue weighted by molar-refractivity contribution is -0.124. The number of nitrogens with one attached hydrogen (secondary N) is 1. The van der Waals surface area contributed by atoms with Crippen molar-refractivity contribution < 1.29 is 23.5 Å². The first kappa shape index (κ1) is 17.5. The Hall–Kier alpha value is -3.35. The summed E-state index contributed by atoms with van der Waals surface area (Å²) in [5.41, 5.74) is 1.48. The van der Waals surface area contributed by atoms with Crippen LogP contribution in [0.25, 0.3) is 0 Å². The molecule has 2 amide bonds. The molecule has 1 aliphatic rings. The summed E-state index contributed by atoms with van der Waals surface area (Å²) in [6, 6.07) is 10.4. The summed E-state index contributed by atoms with van der Waals surface area (Å²) < 4.78 is 18.3. The molecule has 3 rings (SSSR count). The van der Waals surface area contributed by atoms with Crippen LogP contribution in [0.1, 0.15) is 27.4 Å². The van der Waals surface area contributed by atoms with Crippen LogP contribution in [0.5, 0.6) is 0 Å². The molecule has 1 heterocycles. The number of hydrogen-bond acceptors (Lipinski definition) is 5. The Morgan fingerprint density at radius 1 is 1.15 bits per heavy atom. The van der Waals surface area contributed by atoms with E-state index in [1.807, 2.05) is 0 Å². The van der Waals surface area contributed by atoms with Crippen molar-refractivity contribution in [1.82, 2.24) is 5.32 Å². The Kier molecular flexibility index (Phi) is 4.62. The number of benzene rings is 2. The van der Waals surface area contributed by atoms with E-state index < -0.39 is 29.5 Å². The van der Waals surface area contributed by atoms with E-state index in [0.717, 1.165) is 0 Å². The third-order valence-corrected chi connectivity index (χ3v) is 4.08. The molecule has 0 aromatic heterocycles. The summed E-state index contributed by atoms with van der Waals surface area (Å²) in [7, 11) is 1.27. The minimum Gasteiger partial charge on any atom is -0.465 e. The van der Waals surface area contributed by atoms with Crippen LogP contribution in [0.4, 0.5) is 10.1 Å². The van der Waals surface area contributed by atoms with E-state index in [1.54, 1.807) is 31.2 Å². The van der Waals surface area contributed by atoms with Gasteiger partial charge in [-0.1, -0.05) is 18.2 Å². The van der Waals surface area contributed by atoms with E-state index in [4.69, 9.17) is 0 Å². The first-order chi connectivity index (χ1) is 12.4. The summed E-state index contributed by atoms with van der Waals surface area (Å²) >= 11 is 0. The van der Waals surface area contributed by atoms with Crippen molar-refractivity contribution in [2.45, 2.75) is 12.8 Å². The summed E-state index contributed by atoms with van der Waals surface area (Å²) in [6.45, 7) is 1.61. The first-order valence-corrected chi connectivity index (χ1v) is 7.79. The van der Waals surface area contributed by atoms with Gasteiger partial charge in [0.2, 0.25) is 5.91 Å². The number of rotatable bonds is 3. The quantitative estimate of drug-likeness (QED) is 0.678. The Balaban J connectivity index is 1.99. The van der Waals surface area contributed by atoms with Gasteiger partial charge in [-0.3, -0.25) is 14.9 Å². The van der Waals surface area contributed by atoms with Gasteiger partial charge in [-0.05, 0) is 42.3 Å². The Bertz CT molecular complexity index is 935. The fourth-order valence-corrected chi connectivity index (χ4v) is 2.65. The molecular weight excluding hydrogens is 339 g/mol. The molecule has 1 N–H and O–H groups in total. The highest BCUT2D eigenvalue weighted by Gasteiger charge is 2.39. The van der Waals surface area contributed by atoms with Crippen LogP contribution < -0.4 is 5.32 Å². The molecule has 0 spiro atoms. The van der Waals surface area contributed by atoms with Crippen LogP contribution in [0, 0.1) is 12.7 Å². The average molecular weight is 354 g/mol. The number of methoxy groups -OCH3 is 1. The molecule has 0 saturated carbocycles. The summed E-state index contributed by atoms with van der Waals surface area (Å²) in [4.78, 5) is 40.0. The van der Waals surface area contributed by atoms with Gasteiger partial charge in [-0.25, -0.2) is 14.2 Å². The maximum absolute atomic E-state index is 13.7. The molecule has 1 aliphatic heterocycles. The van der Waals surface area contributed by atoms with Crippen LogP contribution in [0.15, 0.2) is 47.5 Å². The van der Waals surface area contributed by atoms with Gasteiger partial charge in [0.05, 0.1) is 18.4 Å². The van der Waals surface area contributed by atoms with E-state index >= 15 is 0 Å². The van der Waals surface area contributed by atoms with Crippen LogP contribution in [-0.4, -0.2) is 30.6 Å². The molecule has 1 fully saturated rings. The zero-order valence-corrected chi connectivity index (χ0v) is 14.1. The second-order valence-corrected chi connectivity index (χ2v) is 5.80. The number of carbonyl (C=O) groups is 3. The van der Waals surface area contributed by atoms with Crippen molar-refractivity contribution in [1.29, 1.82) is 0 Å². The topological polar surface area (TPSA) is 84.8 Å². The van der Waals surface area contributed by atoms with Gasteiger partial charge in [0.25, 0.3) is 5.91 Å². The predicted octanol–water partition coefficient (Wildman–Crippen LogP) is 2.43. The molecule has 2 aromatic rings. The molecule has 1 saturated heterocycles. The number of nitrogens with zero attached hydrogens (tertiary/aromatic N) is 1. The van der Waals surface area contributed by atoms with E-state index in [9.17, 15) is 18.8 Å². The molecular formula is C19H15FN2O4. The Labute approximate surface area is 148 Å². The van der Waals surface area contributed by atoms with Gasteiger partial charge in [0.1, 0.15) is 17.4 Å². The standard InChI is InChI=1S/C19H15FN2O4/c1-10-3-8-13(9-14(10)20)21-16-15(17(23)22-18(16)24)11-4-6-12(7-5-11)19(25)26-2/h3-9,15H,1-2H3,(H,22,23,24). The van der Waals surface area contributed by atoms with Gasteiger partial charge in [-0.15, -0.1) is 0 Å². The lowest BCUT2D eigenvalue weighted by Crippen LogP contribution is -2.22. The van der Waals surface area contributed by atoms with Crippen molar-refractivity contribution in [3.05, 3.63) is 65.0 Å². The highest BCUT2D eigenvalue weighted by molar-refractivity contribution is 6.52.